The fourth-order valence-electron chi connectivity index (χ4n) is 3.78. The Morgan fingerprint density at radius 2 is 1.86 bits per heavy atom. The minimum absolute atomic E-state index is 0.0565. The van der Waals surface area contributed by atoms with E-state index in [-0.39, 0.29) is 6.03 Å². The van der Waals surface area contributed by atoms with Crippen molar-refractivity contribution < 1.29 is 4.79 Å². The third-order valence-electron chi connectivity index (χ3n) is 5.21. The van der Waals surface area contributed by atoms with E-state index >= 15 is 0 Å². The number of nitrogens with zero attached hydrogens (tertiary/aromatic N) is 2. The van der Waals surface area contributed by atoms with Crippen molar-refractivity contribution in [1.29, 1.82) is 0 Å². The van der Waals surface area contributed by atoms with Gasteiger partial charge < -0.3 is 15.1 Å². The van der Waals surface area contributed by atoms with Crippen LogP contribution in [0.3, 0.4) is 0 Å². The molecule has 3 rings (SSSR count). The molecule has 120 valence electrons. The second kappa shape index (κ2) is 6.69. The number of carbonyl (C=O) groups excluding carboxylic acids is 1. The number of piperidine rings is 1. The Morgan fingerprint density at radius 3 is 2.59 bits per heavy atom. The Hall–Kier alpha value is -1.55. The molecule has 0 bridgehead atoms. The third-order valence-corrected chi connectivity index (χ3v) is 5.21. The van der Waals surface area contributed by atoms with Crippen LogP contribution < -0.4 is 5.32 Å². The zero-order chi connectivity index (χ0) is 15.5. The number of rotatable bonds is 2. The predicted octanol–water partition coefficient (Wildman–Crippen LogP) is 3.19. The second-order valence-corrected chi connectivity index (χ2v) is 6.94. The maximum Gasteiger partial charge on any atom is 0.321 e. The van der Waals surface area contributed by atoms with Crippen molar-refractivity contribution in [1.82, 2.24) is 9.80 Å². The minimum Gasteiger partial charge on any atom is -0.324 e. The second-order valence-electron chi connectivity index (χ2n) is 6.94. The first-order chi connectivity index (χ1) is 10.6. The summed E-state index contributed by atoms with van der Waals surface area (Å²) in [5, 5.41) is 3.03. The van der Waals surface area contributed by atoms with Crippen molar-refractivity contribution in [2.45, 2.75) is 26.2 Å². The van der Waals surface area contributed by atoms with Gasteiger partial charge in [-0.1, -0.05) is 12.1 Å². The molecular weight excluding hydrogens is 274 g/mol. The monoisotopic (exact) mass is 301 g/mol. The summed E-state index contributed by atoms with van der Waals surface area (Å²) in [6.07, 6.45) is 3.73. The van der Waals surface area contributed by atoms with Crippen molar-refractivity contribution >= 4 is 11.7 Å². The molecule has 1 aromatic carbocycles. The predicted molar refractivity (Wildman–Crippen MR) is 90.1 cm³/mol. The lowest BCUT2D eigenvalue weighted by Crippen LogP contribution is -2.36. The molecule has 0 aliphatic carbocycles. The number of nitrogens with one attached hydrogen (secondary N) is 1. The van der Waals surface area contributed by atoms with Crippen molar-refractivity contribution in [2.75, 3.05) is 38.5 Å². The molecular formula is C18H27N3O. The van der Waals surface area contributed by atoms with E-state index in [1.165, 1.54) is 31.5 Å². The molecule has 1 aromatic rings. The van der Waals surface area contributed by atoms with Gasteiger partial charge in [-0.05, 0) is 75.9 Å². The van der Waals surface area contributed by atoms with E-state index in [0.717, 1.165) is 31.1 Å². The zero-order valence-corrected chi connectivity index (χ0v) is 13.7. The molecule has 2 aliphatic heterocycles. The Bertz CT molecular complexity index is 523. The number of benzene rings is 1. The standard InChI is InChI=1S/C18H27N3O/c1-14-4-3-5-17(12-14)19-18(22)21-11-8-16(13-21)15-6-9-20(2)10-7-15/h3-5,12,15-16H,6-11,13H2,1-2H3,(H,19,22). The average molecular weight is 301 g/mol. The van der Waals surface area contributed by atoms with Crippen LogP contribution in [0.4, 0.5) is 10.5 Å². The summed E-state index contributed by atoms with van der Waals surface area (Å²) in [5.74, 6) is 1.49. The molecule has 2 saturated heterocycles. The highest BCUT2D eigenvalue weighted by atomic mass is 16.2. The van der Waals surface area contributed by atoms with Gasteiger partial charge in [0.15, 0.2) is 0 Å². The van der Waals surface area contributed by atoms with E-state index in [1.807, 2.05) is 36.1 Å². The number of hydrogen-bond acceptors (Lipinski definition) is 2. The molecule has 1 atom stereocenters. The Labute approximate surface area is 133 Å². The van der Waals surface area contributed by atoms with Gasteiger partial charge in [0.1, 0.15) is 0 Å². The minimum atomic E-state index is 0.0565. The van der Waals surface area contributed by atoms with E-state index in [4.69, 9.17) is 0 Å². The largest absolute Gasteiger partial charge is 0.324 e. The molecule has 2 fully saturated rings. The first-order valence-corrected chi connectivity index (χ1v) is 8.43. The average Bonchev–Trinajstić information content (AvgIpc) is 2.98. The summed E-state index contributed by atoms with van der Waals surface area (Å²) in [5.41, 5.74) is 2.07. The van der Waals surface area contributed by atoms with E-state index in [9.17, 15) is 4.79 Å². The molecule has 0 aromatic heterocycles. The normalized spacial score (nSPS) is 23.7. The Kier molecular flexibility index (Phi) is 4.67. The number of amides is 2. The van der Waals surface area contributed by atoms with Gasteiger partial charge in [0.25, 0.3) is 0 Å². The molecule has 0 spiro atoms. The van der Waals surface area contributed by atoms with Gasteiger partial charge in [0.2, 0.25) is 0 Å². The molecule has 0 radical (unpaired) electrons. The fourth-order valence-corrected chi connectivity index (χ4v) is 3.78. The zero-order valence-electron chi connectivity index (χ0n) is 13.7. The van der Waals surface area contributed by atoms with Gasteiger partial charge in [-0.3, -0.25) is 0 Å². The van der Waals surface area contributed by atoms with Crippen molar-refractivity contribution in [3.05, 3.63) is 29.8 Å². The molecule has 2 amide bonds. The lowest BCUT2D eigenvalue weighted by molar-refractivity contribution is 0.170. The van der Waals surface area contributed by atoms with Gasteiger partial charge in [-0.2, -0.15) is 0 Å². The van der Waals surface area contributed by atoms with E-state index in [0.29, 0.717) is 5.92 Å². The topological polar surface area (TPSA) is 35.6 Å². The molecule has 1 N–H and O–H groups in total. The van der Waals surface area contributed by atoms with E-state index in [1.54, 1.807) is 0 Å². The molecule has 2 heterocycles. The fraction of sp³-hybridized carbons (Fsp3) is 0.611. The highest BCUT2D eigenvalue weighted by molar-refractivity contribution is 5.89. The van der Waals surface area contributed by atoms with E-state index < -0.39 is 0 Å². The van der Waals surface area contributed by atoms with Gasteiger partial charge >= 0.3 is 6.03 Å². The first kappa shape index (κ1) is 15.3. The van der Waals surface area contributed by atoms with Crippen LogP contribution in [-0.4, -0.2) is 49.1 Å². The van der Waals surface area contributed by atoms with Gasteiger partial charge in [0, 0.05) is 18.8 Å². The van der Waals surface area contributed by atoms with Gasteiger partial charge in [-0.15, -0.1) is 0 Å². The third kappa shape index (κ3) is 3.61. The van der Waals surface area contributed by atoms with Gasteiger partial charge in [0.05, 0.1) is 0 Å². The maximum absolute atomic E-state index is 12.4. The van der Waals surface area contributed by atoms with Crippen LogP contribution in [0.2, 0.25) is 0 Å². The van der Waals surface area contributed by atoms with Crippen LogP contribution in [0.1, 0.15) is 24.8 Å². The van der Waals surface area contributed by atoms with Crippen LogP contribution in [0, 0.1) is 18.8 Å². The number of urea groups is 1. The lowest BCUT2D eigenvalue weighted by atomic mass is 9.84. The molecule has 1 unspecified atom stereocenters. The van der Waals surface area contributed by atoms with Crippen molar-refractivity contribution in [3.63, 3.8) is 0 Å². The highest BCUT2D eigenvalue weighted by Gasteiger charge is 2.33. The van der Waals surface area contributed by atoms with Crippen LogP contribution in [0.15, 0.2) is 24.3 Å². The van der Waals surface area contributed by atoms with Gasteiger partial charge in [-0.25, -0.2) is 4.79 Å². The first-order valence-electron chi connectivity index (χ1n) is 8.43. The number of likely N-dealkylation sites (tertiary alicyclic amines) is 2. The molecule has 22 heavy (non-hydrogen) atoms. The summed E-state index contributed by atoms with van der Waals surface area (Å²) in [4.78, 5) is 16.8. The number of aryl methyl sites for hydroxylation is 1. The summed E-state index contributed by atoms with van der Waals surface area (Å²) in [6, 6.07) is 8.05. The SMILES string of the molecule is Cc1cccc(NC(=O)N2CCC(C3CCN(C)CC3)C2)c1. The van der Waals surface area contributed by atoms with Crippen molar-refractivity contribution in [2.24, 2.45) is 11.8 Å². The number of anilines is 1. The molecule has 0 saturated carbocycles. The lowest BCUT2D eigenvalue weighted by Gasteiger charge is -2.32. The quantitative estimate of drug-likeness (QED) is 0.910. The number of carbonyl (C=O) groups is 1. The van der Waals surface area contributed by atoms with E-state index in [2.05, 4.69) is 17.3 Å². The summed E-state index contributed by atoms with van der Waals surface area (Å²) in [6.45, 7) is 6.27. The highest BCUT2D eigenvalue weighted by Crippen LogP contribution is 2.31. The summed E-state index contributed by atoms with van der Waals surface area (Å²) < 4.78 is 0. The number of hydrogen-bond donors (Lipinski definition) is 1. The van der Waals surface area contributed by atoms with Crippen LogP contribution in [-0.2, 0) is 0 Å². The van der Waals surface area contributed by atoms with Crippen molar-refractivity contribution in [3.8, 4) is 0 Å². The smallest absolute Gasteiger partial charge is 0.321 e. The maximum atomic E-state index is 12.4. The van der Waals surface area contributed by atoms with Crippen LogP contribution >= 0.6 is 0 Å². The molecule has 4 nitrogen and oxygen atoms in total. The van der Waals surface area contributed by atoms with Crippen LogP contribution in [0.25, 0.3) is 0 Å². The Morgan fingerprint density at radius 1 is 1.14 bits per heavy atom. The molecule has 4 heteroatoms. The summed E-state index contributed by atoms with van der Waals surface area (Å²) >= 11 is 0. The van der Waals surface area contributed by atoms with Crippen LogP contribution in [0.5, 0.6) is 0 Å². The Balaban J connectivity index is 1.52. The molecule has 2 aliphatic rings. The summed E-state index contributed by atoms with van der Waals surface area (Å²) in [7, 11) is 2.20.